The van der Waals surface area contributed by atoms with Crippen LogP contribution in [0.5, 0.6) is 17.4 Å². The SMILES string of the molecule is COc1ncc(Oc2c(Cl)ccc(CNC(=O)c3ccc(S(N)(=O)=O)cc3)c2Cl)cc1C(C)C. The van der Waals surface area contributed by atoms with E-state index in [0.29, 0.717) is 22.2 Å². The van der Waals surface area contributed by atoms with E-state index in [0.717, 1.165) is 5.56 Å². The smallest absolute Gasteiger partial charge is 0.251 e. The molecule has 0 aliphatic rings. The van der Waals surface area contributed by atoms with E-state index in [1.165, 1.54) is 30.5 Å². The van der Waals surface area contributed by atoms with Crippen LogP contribution in [0.25, 0.3) is 0 Å². The van der Waals surface area contributed by atoms with Crippen LogP contribution < -0.4 is 19.9 Å². The van der Waals surface area contributed by atoms with Gasteiger partial charge in [0.2, 0.25) is 15.9 Å². The molecule has 0 radical (unpaired) electrons. The average Bonchev–Trinajstić information content (AvgIpc) is 2.80. The maximum Gasteiger partial charge on any atom is 0.251 e. The molecule has 3 aromatic rings. The first kappa shape index (κ1) is 25.8. The van der Waals surface area contributed by atoms with Crippen molar-refractivity contribution < 1.29 is 22.7 Å². The summed E-state index contributed by atoms with van der Waals surface area (Å²) in [6.07, 6.45) is 1.51. The fourth-order valence-electron chi connectivity index (χ4n) is 3.08. The van der Waals surface area contributed by atoms with E-state index in [1.54, 1.807) is 19.2 Å². The molecule has 8 nitrogen and oxygen atoms in total. The number of carbonyl (C=O) groups is 1. The molecule has 3 N–H and O–H groups in total. The zero-order chi connectivity index (χ0) is 25.0. The minimum Gasteiger partial charge on any atom is -0.481 e. The molecule has 34 heavy (non-hydrogen) atoms. The third-order valence-electron chi connectivity index (χ3n) is 4.90. The van der Waals surface area contributed by atoms with E-state index in [4.69, 9.17) is 37.8 Å². The Morgan fingerprint density at radius 3 is 2.41 bits per heavy atom. The van der Waals surface area contributed by atoms with E-state index in [9.17, 15) is 13.2 Å². The summed E-state index contributed by atoms with van der Waals surface area (Å²) in [5.74, 6) is 0.902. The number of halogens is 2. The highest BCUT2D eigenvalue weighted by atomic mass is 35.5. The van der Waals surface area contributed by atoms with Gasteiger partial charge in [0.25, 0.3) is 5.91 Å². The highest BCUT2D eigenvalue weighted by molar-refractivity contribution is 7.89. The van der Waals surface area contributed by atoms with Crippen LogP contribution in [0.15, 0.2) is 53.6 Å². The molecule has 0 unspecified atom stereocenters. The van der Waals surface area contributed by atoms with Crippen molar-refractivity contribution in [1.29, 1.82) is 0 Å². The molecule has 0 aliphatic carbocycles. The first-order valence-electron chi connectivity index (χ1n) is 10.1. The van der Waals surface area contributed by atoms with Crippen molar-refractivity contribution >= 4 is 39.1 Å². The molecule has 0 saturated heterocycles. The highest BCUT2D eigenvalue weighted by Crippen LogP contribution is 2.39. The summed E-state index contributed by atoms with van der Waals surface area (Å²) < 4.78 is 34.0. The van der Waals surface area contributed by atoms with Crippen LogP contribution in [-0.2, 0) is 16.6 Å². The fraction of sp³-hybridized carbons (Fsp3) is 0.217. The van der Waals surface area contributed by atoms with Crippen molar-refractivity contribution in [3.63, 3.8) is 0 Å². The normalized spacial score (nSPS) is 11.4. The van der Waals surface area contributed by atoms with Crippen LogP contribution in [0, 0.1) is 0 Å². The Kier molecular flexibility index (Phi) is 8.04. The molecule has 1 heterocycles. The number of sulfonamides is 1. The third-order valence-corrected chi connectivity index (χ3v) is 6.54. The van der Waals surface area contributed by atoms with Crippen LogP contribution in [0.3, 0.4) is 0 Å². The number of hydrogen-bond acceptors (Lipinski definition) is 6. The monoisotopic (exact) mass is 523 g/mol. The number of nitrogens with zero attached hydrogens (tertiary/aromatic N) is 1. The van der Waals surface area contributed by atoms with Gasteiger partial charge in [-0.25, -0.2) is 18.5 Å². The van der Waals surface area contributed by atoms with E-state index in [1.807, 2.05) is 19.9 Å². The van der Waals surface area contributed by atoms with Crippen LogP contribution in [0.4, 0.5) is 0 Å². The summed E-state index contributed by atoms with van der Waals surface area (Å²) >= 11 is 12.9. The van der Waals surface area contributed by atoms with Crippen molar-refractivity contribution in [2.45, 2.75) is 31.2 Å². The quantitative estimate of drug-likeness (QED) is 0.433. The van der Waals surface area contributed by atoms with E-state index < -0.39 is 15.9 Å². The van der Waals surface area contributed by atoms with Gasteiger partial charge in [-0.05, 0) is 47.9 Å². The van der Waals surface area contributed by atoms with Crippen molar-refractivity contribution in [3.8, 4) is 17.4 Å². The Balaban J connectivity index is 1.78. The van der Waals surface area contributed by atoms with Gasteiger partial charge in [-0.2, -0.15) is 0 Å². The third kappa shape index (κ3) is 5.98. The lowest BCUT2D eigenvalue weighted by Gasteiger charge is -2.16. The number of amides is 1. The number of nitrogens with one attached hydrogen (secondary N) is 1. The predicted molar refractivity (Wildman–Crippen MR) is 130 cm³/mol. The van der Waals surface area contributed by atoms with Gasteiger partial charge in [-0.1, -0.05) is 43.1 Å². The minimum atomic E-state index is -3.84. The lowest BCUT2D eigenvalue weighted by Crippen LogP contribution is -2.23. The second-order valence-electron chi connectivity index (χ2n) is 7.63. The predicted octanol–water partition coefficient (Wildman–Crippen LogP) is 4.89. The Hall–Kier alpha value is -2.85. The molecule has 180 valence electrons. The number of rotatable bonds is 8. The van der Waals surface area contributed by atoms with Crippen molar-refractivity contribution in [1.82, 2.24) is 10.3 Å². The van der Waals surface area contributed by atoms with Crippen molar-refractivity contribution in [3.05, 3.63) is 75.4 Å². The first-order valence-corrected chi connectivity index (χ1v) is 12.4. The number of pyridine rings is 1. The van der Waals surface area contributed by atoms with Crippen LogP contribution >= 0.6 is 23.2 Å². The maximum absolute atomic E-state index is 12.5. The average molecular weight is 524 g/mol. The zero-order valence-corrected chi connectivity index (χ0v) is 21.0. The molecule has 0 spiro atoms. The Labute approximate surface area is 208 Å². The van der Waals surface area contributed by atoms with Gasteiger partial charge in [0.15, 0.2) is 5.75 Å². The molecule has 1 amide bonds. The molecule has 1 aromatic heterocycles. The van der Waals surface area contributed by atoms with Crippen molar-refractivity contribution in [2.75, 3.05) is 7.11 Å². The van der Waals surface area contributed by atoms with E-state index in [-0.39, 0.29) is 33.7 Å². The Bertz CT molecular complexity index is 1310. The standard InChI is InChI=1S/C23H23Cl2N3O5S/c1-13(2)18-10-16(12-28-23(18)32-3)33-21-19(24)9-6-15(20(21)25)11-27-22(29)14-4-7-17(8-5-14)34(26,30)31/h4-10,12-13H,11H2,1-3H3,(H,27,29)(H2,26,30,31). The summed E-state index contributed by atoms with van der Waals surface area (Å²) in [6.45, 7) is 4.10. The molecular formula is C23H23Cl2N3O5S. The van der Waals surface area contributed by atoms with E-state index >= 15 is 0 Å². The summed E-state index contributed by atoms with van der Waals surface area (Å²) in [4.78, 5) is 16.7. The summed E-state index contributed by atoms with van der Waals surface area (Å²) in [5.41, 5.74) is 1.70. The van der Waals surface area contributed by atoms with Gasteiger partial charge in [-0.3, -0.25) is 4.79 Å². The fourth-order valence-corrected chi connectivity index (χ4v) is 4.11. The summed E-state index contributed by atoms with van der Waals surface area (Å²) in [5, 5.41) is 8.34. The second kappa shape index (κ2) is 10.6. The number of carbonyl (C=O) groups excluding carboxylic acids is 1. The number of primary sulfonamides is 1. The number of benzene rings is 2. The molecule has 3 rings (SSSR count). The minimum absolute atomic E-state index is 0.0831. The van der Waals surface area contributed by atoms with Gasteiger partial charge < -0.3 is 14.8 Å². The van der Waals surface area contributed by atoms with E-state index in [2.05, 4.69) is 10.3 Å². The van der Waals surface area contributed by atoms with Gasteiger partial charge in [0, 0.05) is 17.7 Å². The van der Waals surface area contributed by atoms with Crippen LogP contribution in [-0.4, -0.2) is 26.4 Å². The zero-order valence-electron chi connectivity index (χ0n) is 18.6. The largest absolute Gasteiger partial charge is 0.481 e. The molecular weight excluding hydrogens is 501 g/mol. The molecule has 2 aromatic carbocycles. The van der Waals surface area contributed by atoms with Gasteiger partial charge in [0.05, 0.1) is 28.2 Å². The first-order chi connectivity index (χ1) is 16.0. The Morgan fingerprint density at radius 2 is 1.82 bits per heavy atom. The number of hydrogen-bond donors (Lipinski definition) is 2. The molecule has 0 aliphatic heterocycles. The van der Waals surface area contributed by atoms with Crippen LogP contribution in [0.2, 0.25) is 10.0 Å². The highest BCUT2D eigenvalue weighted by Gasteiger charge is 2.17. The van der Waals surface area contributed by atoms with Gasteiger partial charge in [-0.15, -0.1) is 0 Å². The number of methoxy groups -OCH3 is 1. The Morgan fingerprint density at radius 1 is 1.15 bits per heavy atom. The maximum atomic E-state index is 12.5. The molecule has 0 fully saturated rings. The molecule has 0 bridgehead atoms. The van der Waals surface area contributed by atoms with Crippen LogP contribution in [0.1, 0.15) is 41.3 Å². The summed E-state index contributed by atoms with van der Waals surface area (Å²) in [7, 11) is -2.29. The van der Waals surface area contributed by atoms with Gasteiger partial charge in [0.1, 0.15) is 5.75 Å². The lowest BCUT2D eigenvalue weighted by molar-refractivity contribution is 0.0950. The second-order valence-corrected chi connectivity index (χ2v) is 9.97. The van der Waals surface area contributed by atoms with Crippen molar-refractivity contribution in [2.24, 2.45) is 5.14 Å². The number of nitrogens with two attached hydrogens (primary N) is 1. The lowest BCUT2D eigenvalue weighted by atomic mass is 10.1. The number of ether oxygens (including phenoxy) is 2. The molecule has 0 saturated carbocycles. The molecule has 0 atom stereocenters. The van der Waals surface area contributed by atoms with Gasteiger partial charge >= 0.3 is 0 Å². The summed E-state index contributed by atoms with van der Waals surface area (Å²) in [6, 6.07) is 10.4. The number of aromatic nitrogens is 1. The topological polar surface area (TPSA) is 121 Å². The molecule has 11 heteroatoms.